The lowest BCUT2D eigenvalue weighted by atomic mass is 9.99. The average Bonchev–Trinajstić information content (AvgIpc) is 2.70. The number of pyridine rings is 2. The fraction of sp³-hybridized carbons (Fsp3) is 0.227. The summed E-state index contributed by atoms with van der Waals surface area (Å²) in [5.41, 5.74) is 8.12. The molecule has 0 unspecified atom stereocenters. The Hall–Kier alpha value is -3.28. The number of nitrogens with zero attached hydrogens (tertiary/aromatic N) is 2. The number of hydrogen-bond donors (Lipinski definition) is 2. The molecule has 0 amide bonds. The summed E-state index contributed by atoms with van der Waals surface area (Å²) in [7, 11) is 0. The summed E-state index contributed by atoms with van der Waals surface area (Å²) in [6, 6.07) is 9.53. The minimum atomic E-state index is -0.471. The standard InChI is InChI=1S/C19H17FN4O.C3H8.H2/c1-2-25-18-7-8-23-10-14(18)17-9-13(16(21)11-24-17)19(22)12-5-3-4-6-15(12)20;1-3-2;/h3-11,22H,2,21H2,1H3;3H2,1-2H3;1H. The van der Waals surface area contributed by atoms with Gasteiger partial charge in [-0.05, 0) is 31.2 Å². The van der Waals surface area contributed by atoms with Crippen LogP contribution in [-0.4, -0.2) is 22.3 Å². The largest absolute Gasteiger partial charge is 0.493 e. The molecule has 3 rings (SSSR count). The fourth-order valence-corrected chi connectivity index (χ4v) is 2.49. The molecule has 28 heavy (non-hydrogen) atoms. The molecule has 148 valence electrons. The van der Waals surface area contributed by atoms with Gasteiger partial charge < -0.3 is 10.5 Å². The molecule has 2 aromatic heterocycles. The smallest absolute Gasteiger partial charge is 0.132 e. The molecular formula is C22H27FN4O. The number of rotatable bonds is 5. The highest BCUT2D eigenvalue weighted by molar-refractivity contribution is 6.14. The lowest BCUT2D eigenvalue weighted by molar-refractivity contribution is 0.341. The third kappa shape index (κ3) is 4.91. The van der Waals surface area contributed by atoms with E-state index in [-0.39, 0.29) is 12.7 Å². The molecule has 0 saturated heterocycles. The van der Waals surface area contributed by atoms with Gasteiger partial charge in [-0.3, -0.25) is 15.4 Å². The van der Waals surface area contributed by atoms with Crippen LogP contribution in [0.4, 0.5) is 10.1 Å². The Morgan fingerprint density at radius 1 is 1.14 bits per heavy atom. The molecule has 0 bridgehead atoms. The van der Waals surface area contributed by atoms with Gasteiger partial charge in [-0.1, -0.05) is 32.4 Å². The van der Waals surface area contributed by atoms with Crippen LogP contribution in [0.25, 0.3) is 11.3 Å². The Kier molecular flexibility index (Phi) is 7.63. The number of anilines is 1. The summed E-state index contributed by atoms with van der Waals surface area (Å²) >= 11 is 0. The van der Waals surface area contributed by atoms with Gasteiger partial charge in [0.25, 0.3) is 0 Å². The molecule has 0 aliphatic carbocycles. The number of nitrogen functional groups attached to an aromatic ring is 1. The maximum absolute atomic E-state index is 14.0. The monoisotopic (exact) mass is 382 g/mol. The number of ether oxygens (including phenoxy) is 1. The zero-order valence-electron chi connectivity index (χ0n) is 16.4. The summed E-state index contributed by atoms with van der Waals surface area (Å²) in [5, 5.41) is 8.35. The third-order valence-corrected chi connectivity index (χ3v) is 3.70. The van der Waals surface area contributed by atoms with E-state index in [9.17, 15) is 4.39 Å². The van der Waals surface area contributed by atoms with E-state index in [1.807, 2.05) is 6.92 Å². The van der Waals surface area contributed by atoms with Crippen molar-refractivity contribution in [3.8, 4) is 17.0 Å². The maximum atomic E-state index is 14.0. The van der Waals surface area contributed by atoms with Gasteiger partial charge in [0.2, 0.25) is 0 Å². The normalized spacial score (nSPS) is 10.0. The van der Waals surface area contributed by atoms with Gasteiger partial charge in [-0.15, -0.1) is 0 Å². The van der Waals surface area contributed by atoms with Crippen molar-refractivity contribution in [1.29, 1.82) is 5.41 Å². The van der Waals surface area contributed by atoms with Crippen molar-refractivity contribution in [3.63, 3.8) is 0 Å². The van der Waals surface area contributed by atoms with Crippen LogP contribution in [0.5, 0.6) is 5.75 Å². The van der Waals surface area contributed by atoms with Crippen LogP contribution in [0.3, 0.4) is 0 Å². The Morgan fingerprint density at radius 2 is 1.86 bits per heavy atom. The molecule has 1 aromatic carbocycles. The lowest BCUT2D eigenvalue weighted by Crippen LogP contribution is -2.08. The van der Waals surface area contributed by atoms with Crippen LogP contribution in [0.2, 0.25) is 0 Å². The van der Waals surface area contributed by atoms with E-state index < -0.39 is 5.82 Å². The number of aromatic nitrogens is 2. The number of nitrogens with one attached hydrogen (secondary N) is 1. The van der Waals surface area contributed by atoms with Crippen molar-refractivity contribution in [2.75, 3.05) is 12.3 Å². The van der Waals surface area contributed by atoms with Gasteiger partial charge in [0.15, 0.2) is 0 Å². The lowest BCUT2D eigenvalue weighted by Gasteiger charge is -2.12. The molecule has 5 nitrogen and oxygen atoms in total. The highest BCUT2D eigenvalue weighted by Crippen LogP contribution is 2.30. The molecular weight excluding hydrogens is 355 g/mol. The summed E-state index contributed by atoms with van der Waals surface area (Å²) in [5.74, 6) is 0.166. The van der Waals surface area contributed by atoms with Crippen LogP contribution in [0, 0.1) is 11.2 Å². The van der Waals surface area contributed by atoms with Gasteiger partial charge in [-0.2, -0.15) is 0 Å². The maximum Gasteiger partial charge on any atom is 0.132 e. The molecule has 3 N–H and O–H groups in total. The number of nitrogens with two attached hydrogens (primary N) is 1. The fourth-order valence-electron chi connectivity index (χ4n) is 2.49. The zero-order chi connectivity index (χ0) is 20.5. The Labute approximate surface area is 166 Å². The third-order valence-electron chi connectivity index (χ3n) is 3.70. The van der Waals surface area contributed by atoms with E-state index in [0.29, 0.717) is 34.9 Å². The highest BCUT2D eigenvalue weighted by atomic mass is 19.1. The second-order valence-electron chi connectivity index (χ2n) is 6.02. The predicted octanol–water partition coefficient (Wildman–Crippen LogP) is 5.34. The van der Waals surface area contributed by atoms with E-state index in [2.05, 4.69) is 23.8 Å². The first-order chi connectivity index (χ1) is 13.5. The molecule has 0 aliphatic heterocycles. The molecule has 0 atom stereocenters. The van der Waals surface area contributed by atoms with Gasteiger partial charge >= 0.3 is 0 Å². The quantitative estimate of drug-likeness (QED) is 0.583. The highest BCUT2D eigenvalue weighted by Gasteiger charge is 2.16. The number of halogens is 1. The summed E-state index contributed by atoms with van der Waals surface area (Å²) in [4.78, 5) is 8.42. The topological polar surface area (TPSA) is 84.9 Å². The van der Waals surface area contributed by atoms with Crippen LogP contribution in [0.15, 0.2) is 55.0 Å². The number of benzene rings is 1. The molecule has 0 saturated carbocycles. The molecule has 0 spiro atoms. The first-order valence-corrected chi connectivity index (χ1v) is 9.19. The molecule has 0 radical (unpaired) electrons. The van der Waals surface area contributed by atoms with Crippen molar-refractivity contribution in [2.24, 2.45) is 0 Å². The molecule has 2 heterocycles. The number of hydrogen-bond acceptors (Lipinski definition) is 5. The average molecular weight is 382 g/mol. The van der Waals surface area contributed by atoms with E-state index in [1.165, 1.54) is 18.7 Å². The molecule has 0 fully saturated rings. The molecule has 6 heteroatoms. The first-order valence-electron chi connectivity index (χ1n) is 9.19. The minimum absolute atomic E-state index is 0. The Morgan fingerprint density at radius 3 is 2.54 bits per heavy atom. The summed E-state index contributed by atoms with van der Waals surface area (Å²) < 4.78 is 19.6. The predicted molar refractivity (Wildman–Crippen MR) is 113 cm³/mol. The van der Waals surface area contributed by atoms with Crippen molar-refractivity contribution in [3.05, 3.63) is 71.9 Å². The van der Waals surface area contributed by atoms with E-state index in [0.717, 1.165) is 0 Å². The SMILES string of the molecule is CCC.CCOc1ccncc1-c1cc(C(=N)c2ccccc2F)c(N)cn1.[HH]. The first kappa shape index (κ1) is 21.0. The van der Waals surface area contributed by atoms with Crippen molar-refractivity contribution < 1.29 is 10.6 Å². The van der Waals surface area contributed by atoms with Crippen LogP contribution >= 0.6 is 0 Å². The van der Waals surface area contributed by atoms with Gasteiger partial charge in [0, 0.05) is 24.9 Å². The summed E-state index contributed by atoms with van der Waals surface area (Å²) in [6.07, 6.45) is 5.98. The van der Waals surface area contributed by atoms with Crippen molar-refractivity contribution in [2.45, 2.75) is 27.2 Å². The van der Waals surface area contributed by atoms with Gasteiger partial charge in [-0.25, -0.2) is 4.39 Å². The van der Waals surface area contributed by atoms with Crippen molar-refractivity contribution in [1.82, 2.24) is 9.97 Å². The van der Waals surface area contributed by atoms with Crippen LogP contribution < -0.4 is 10.5 Å². The Balaban J connectivity index is 0.000000990. The minimum Gasteiger partial charge on any atom is -0.493 e. The van der Waals surface area contributed by atoms with E-state index in [4.69, 9.17) is 15.9 Å². The van der Waals surface area contributed by atoms with E-state index in [1.54, 1.807) is 42.7 Å². The van der Waals surface area contributed by atoms with Gasteiger partial charge in [0.1, 0.15) is 11.6 Å². The van der Waals surface area contributed by atoms with E-state index >= 15 is 0 Å². The van der Waals surface area contributed by atoms with Crippen LogP contribution in [0.1, 0.15) is 39.7 Å². The summed E-state index contributed by atoms with van der Waals surface area (Å²) in [6.45, 7) is 6.64. The van der Waals surface area contributed by atoms with Crippen LogP contribution in [-0.2, 0) is 0 Å². The zero-order valence-corrected chi connectivity index (χ0v) is 16.4. The van der Waals surface area contributed by atoms with Gasteiger partial charge in [0.05, 0.1) is 35.5 Å². The second-order valence-corrected chi connectivity index (χ2v) is 6.02. The molecule has 0 aliphatic rings. The Bertz CT molecular complexity index is 950. The van der Waals surface area contributed by atoms with Crippen molar-refractivity contribution >= 4 is 11.4 Å². The second kappa shape index (κ2) is 10.2. The molecule has 3 aromatic rings.